The minimum atomic E-state index is -0.465. The van der Waals surface area contributed by atoms with Crippen molar-refractivity contribution in [2.75, 3.05) is 11.9 Å². The molecule has 2 amide bonds. The predicted octanol–water partition coefficient (Wildman–Crippen LogP) is 2.25. The van der Waals surface area contributed by atoms with Crippen molar-refractivity contribution in [1.29, 1.82) is 0 Å². The van der Waals surface area contributed by atoms with Crippen LogP contribution in [0.4, 0.5) is 5.00 Å². The average molecular weight is 379 g/mol. The second-order valence-corrected chi connectivity index (χ2v) is 7.80. The van der Waals surface area contributed by atoms with Crippen molar-refractivity contribution in [2.24, 2.45) is 5.73 Å². The Morgan fingerprint density at radius 2 is 2.04 bits per heavy atom. The Bertz CT molecular complexity index is 801. The molecule has 5 N–H and O–H groups in total. The van der Waals surface area contributed by atoms with Gasteiger partial charge in [0.2, 0.25) is 0 Å². The molecule has 3 rings (SSSR count). The molecule has 2 aromatic rings. The van der Waals surface area contributed by atoms with Crippen LogP contribution in [0.5, 0.6) is 0 Å². The number of amides is 2. The minimum Gasteiger partial charge on any atom is -0.365 e. The number of benzene rings is 1. The van der Waals surface area contributed by atoms with E-state index in [-0.39, 0.29) is 18.5 Å². The highest BCUT2D eigenvalue weighted by atomic mass is 35.5. The first-order chi connectivity index (χ1) is 12.0. The summed E-state index contributed by atoms with van der Waals surface area (Å²) in [5.74, 6) is -0.601. The number of nitrogens with one attached hydrogen (secondary N) is 1. The van der Waals surface area contributed by atoms with Crippen molar-refractivity contribution in [3.8, 4) is 0 Å². The summed E-state index contributed by atoms with van der Waals surface area (Å²) in [6.45, 7) is 2.30. The van der Waals surface area contributed by atoms with Crippen molar-refractivity contribution in [3.63, 3.8) is 0 Å². The first kappa shape index (κ1) is 17.9. The third kappa shape index (κ3) is 4.03. The van der Waals surface area contributed by atoms with Crippen molar-refractivity contribution in [3.05, 3.63) is 50.9 Å². The van der Waals surface area contributed by atoms with Crippen LogP contribution in [0.25, 0.3) is 0 Å². The van der Waals surface area contributed by atoms with E-state index in [0.29, 0.717) is 15.6 Å². The fourth-order valence-electron chi connectivity index (χ4n) is 3.12. The fourth-order valence-corrected chi connectivity index (χ4v) is 4.55. The van der Waals surface area contributed by atoms with Crippen molar-refractivity contribution >= 4 is 39.8 Å². The maximum atomic E-state index is 12.3. The maximum Gasteiger partial charge on any atom is 0.280 e. The number of quaternary nitrogens is 1. The van der Waals surface area contributed by atoms with E-state index in [0.717, 1.165) is 30.4 Å². The minimum absolute atomic E-state index is 0.131. The molecule has 0 bridgehead atoms. The number of aryl methyl sites for hydroxylation is 1. The number of carbonyl (C=O) groups is 2. The number of fused-ring (bicyclic) bond motifs is 1. The molecule has 1 atom stereocenters. The number of nitrogens with two attached hydrogens (primary N) is 2. The van der Waals surface area contributed by atoms with E-state index >= 15 is 0 Å². The number of hydrogen-bond acceptors (Lipinski definition) is 3. The lowest BCUT2D eigenvalue weighted by atomic mass is 10.1. The number of halogens is 1. The summed E-state index contributed by atoms with van der Waals surface area (Å²) in [5.41, 5.74) is 8.13. The van der Waals surface area contributed by atoms with Gasteiger partial charge in [0.15, 0.2) is 6.54 Å². The van der Waals surface area contributed by atoms with E-state index in [9.17, 15) is 9.59 Å². The normalized spacial score (nSPS) is 14.2. The summed E-state index contributed by atoms with van der Waals surface area (Å²) < 4.78 is 0. The fraction of sp³-hybridized carbons (Fsp3) is 0.333. The summed E-state index contributed by atoms with van der Waals surface area (Å²) in [4.78, 5) is 25.2. The molecule has 1 heterocycles. The van der Waals surface area contributed by atoms with Gasteiger partial charge >= 0.3 is 0 Å². The van der Waals surface area contributed by atoms with Crippen molar-refractivity contribution < 1.29 is 14.9 Å². The second kappa shape index (κ2) is 7.56. The monoisotopic (exact) mass is 378 g/mol. The lowest BCUT2D eigenvalue weighted by molar-refractivity contribution is -0.682. The van der Waals surface area contributed by atoms with Crippen LogP contribution in [0.15, 0.2) is 24.3 Å². The second-order valence-electron chi connectivity index (χ2n) is 6.25. The number of primary amides is 1. The van der Waals surface area contributed by atoms with Crippen molar-refractivity contribution in [2.45, 2.75) is 32.2 Å². The molecule has 1 aliphatic rings. The lowest BCUT2D eigenvalue weighted by Crippen LogP contribution is -2.86. The Morgan fingerprint density at radius 3 is 2.72 bits per heavy atom. The molecule has 0 fully saturated rings. The van der Waals surface area contributed by atoms with Gasteiger partial charge in [-0.15, -0.1) is 11.3 Å². The lowest BCUT2D eigenvalue weighted by Gasteiger charge is -2.11. The first-order valence-corrected chi connectivity index (χ1v) is 9.48. The van der Waals surface area contributed by atoms with Gasteiger partial charge in [-0.1, -0.05) is 23.7 Å². The number of anilines is 1. The van der Waals surface area contributed by atoms with Crippen LogP contribution in [0, 0.1) is 0 Å². The molecule has 1 aliphatic carbocycles. The van der Waals surface area contributed by atoms with Gasteiger partial charge in [0.25, 0.3) is 11.8 Å². The Hall–Kier alpha value is -1.89. The Morgan fingerprint density at radius 1 is 1.32 bits per heavy atom. The van der Waals surface area contributed by atoms with E-state index in [4.69, 9.17) is 17.3 Å². The molecule has 0 unspecified atom stereocenters. The molecule has 7 heteroatoms. The van der Waals surface area contributed by atoms with Gasteiger partial charge in [0, 0.05) is 15.5 Å². The molecule has 1 aromatic heterocycles. The highest BCUT2D eigenvalue weighted by Gasteiger charge is 2.26. The molecule has 0 radical (unpaired) electrons. The van der Waals surface area contributed by atoms with E-state index in [2.05, 4.69) is 5.32 Å². The van der Waals surface area contributed by atoms with Crippen LogP contribution in [-0.2, 0) is 17.6 Å². The molecule has 0 saturated heterocycles. The average Bonchev–Trinajstić information content (AvgIpc) is 3.13. The Kier molecular flexibility index (Phi) is 5.42. The maximum absolute atomic E-state index is 12.3. The summed E-state index contributed by atoms with van der Waals surface area (Å²) in [5, 5.41) is 6.10. The van der Waals surface area contributed by atoms with E-state index in [1.165, 1.54) is 16.2 Å². The first-order valence-electron chi connectivity index (χ1n) is 8.28. The molecule has 5 nitrogen and oxygen atoms in total. The van der Waals surface area contributed by atoms with Gasteiger partial charge < -0.3 is 16.4 Å². The quantitative estimate of drug-likeness (QED) is 0.719. The largest absolute Gasteiger partial charge is 0.365 e. The molecule has 0 saturated carbocycles. The summed E-state index contributed by atoms with van der Waals surface area (Å²) in [7, 11) is 0. The highest BCUT2D eigenvalue weighted by Crippen LogP contribution is 2.38. The van der Waals surface area contributed by atoms with Crippen LogP contribution in [0.1, 0.15) is 45.7 Å². The van der Waals surface area contributed by atoms with Gasteiger partial charge in [0.1, 0.15) is 11.0 Å². The van der Waals surface area contributed by atoms with Gasteiger partial charge in [-0.05, 0) is 43.9 Å². The van der Waals surface area contributed by atoms with Gasteiger partial charge in [-0.25, -0.2) is 0 Å². The number of hydrogen-bond donors (Lipinski definition) is 3. The Labute approximate surface area is 155 Å². The summed E-state index contributed by atoms with van der Waals surface area (Å²) >= 11 is 7.37. The van der Waals surface area contributed by atoms with E-state index < -0.39 is 5.91 Å². The standard InChI is InChI=1S/C18H20ClN3O2S/c1-10(11-5-7-12(19)8-6-11)21-9-15(23)22-18-16(17(20)24)13-3-2-4-14(13)25-18/h5-8,10,21H,2-4,9H2,1H3,(H2,20,24)(H,22,23)/p+1/t10-/m0/s1. The predicted molar refractivity (Wildman–Crippen MR) is 100 cm³/mol. The van der Waals surface area contributed by atoms with Crippen LogP contribution in [0.3, 0.4) is 0 Å². The zero-order valence-electron chi connectivity index (χ0n) is 14.0. The summed E-state index contributed by atoms with van der Waals surface area (Å²) in [6.07, 6.45) is 2.86. The molecule has 0 spiro atoms. The van der Waals surface area contributed by atoms with Gasteiger partial charge in [0.05, 0.1) is 5.56 Å². The van der Waals surface area contributed by atoms with E-state index in [1.807, 2.05) is 36.5 Å². The smallest absolute Gasteiger partial charge is 0.280 e. The SMILES string of the molecule is C[C@H]([NH2+]CC(=O)Nc1sc2c(c1C(N)=O)CCC2)c1ccc(Cl)cc1. The molecule has 0 aliphatic heterocycles. The van der Waals surface area contributed by atoms with Crippen LogP contribution in [0.2, 0.25) is 5.02 Å². The molecule has 132 valence electrons. The number of thiophene rings is 1. The molecule has 1 aromatic carbocycles. The van der Waals surface area contributed by atoms with E-state index in [1.54, 1.807) is 0 Å². The highest BCUT2D eigenvalue weighted by molar-refractivity contribution is 7.17. The third-order valence-electron chi connectivity index (χ3n) is 4.47. The molecular weight excluding hydrogens is 358 g/mol. The molecular formula is C18H21ClN3O2S+. The molecule has 25 heavy (non-hydrogen) atoms. The van der Waals surface area contributed by atoms with Crippen LogP contribution >= 0.6 is 22.9 Å². The summed E-state index contributed by atoms with van der Waals surface area (Å²) in [6, 6.07) is 7.72. The topological polar surface area (TPSA) is 88.8 Å². The zero-order valence-corrected chi connectivity index (χ0v) is 15.5. The van der Waals surface area contributed by atoms with Gasteiger partial charge in [-0.3, -0.25) is 9.59 Å². The van der Waals surface area contributed by atoms with Crippen LogP contribution in [-0.4, -0.2) is 18.4 Å². The zero-order chi connectivity index (χ0) is 18.0. The third-order valence-corrected chi connectivity index (χ3v) is 5.93. The number of carbonyl (C=O) groups excluding carboxylic acids is 2. The van der Waals surface area contributed by atoms with Gasteiger partial charge in [-0.2, -0.15) is 0 Å². The van der Waals surface area contributed by atoms with Crippen LogP contribution < -0.4 is 16.4 Å². The Balaban J connectivity index is 1.61. The number of rotatable bonds is 6. The van der Waals surface area contributed by atoms with Crippen molar-refractivity contribution in [1.82, 2.24) is 0 Å².